The van der Waals surface area contributed by atoms with Crippen LogP contribution in [0.25, 0.3) is 0 Å². The molecule has 0 spiro atoms. The second kappa shape index (κ2) is 10.6. The molecular formula is C26H31N3O4. The van der Waals surface area contributed by atoms with Crippen LogP contribution in [0.2, 0.25) is 0 Å². The van der Waals surface area contributed by atoms with E-state index in [1.54, 1.807) is 6.08 Å². The Morgan fingerprint density at radius 3 is 2.61 bits per heavy atom. The van der Waals surface area contributed by atoms with Crippen molar-refractivity contribution in [2.45, 2.75) is 37.3 Å². The van der Waals surface area contributed by atoms with Crippen LogP contribution in [0.1, 0.15) is 42.9 Å². The molecule has 0 aromatic heterocycles. The predicted octanol–water partition coefficient (Wildman–Crippen LogP) is 3.41. The van der Waals surface area contributed by atoms with Crippen LogP contribution >= 0.6 is 0 Å². The van der Waals surface area contributed by atoms with Gasteiger partial charge in [0, 0.05) is 38.1 Å². The summed E-state index contributed by atoms with van der Waals surface area (Å²) in [7, 11) is 0. The maximum atomic E-state index is 13.6. The Bertz CT molecular complexity index is 971. The molecule has 2 aromatic rings. The van der Waals surface area contributed by atoms with E-state index in [4.69, 9.17) is 19.6 Å². The van der Waals surface area contributed by atoms with Crippen LogP contribution in [0.15, 0.2) is 72.2 Å². The summed E-state index contributed by atoms with van der Waals surface area (Å²) in [6.45, 7) is 6.11. The van der Waals surface area contributed by atoms with E-state index in [-0.39, 0.29) is 12.5 Å². The van der Waals surface area contributed by atoms with Gasteiger partial charge in [0.15, 0.2) is 11.6 Å². The Hall–Kier alpha value is -3.16. The summed E-state index contributed by atoms with van der Waals surface area (Å²) in [4.78, 5) is 18.5. The molecule has 1 fully saturated rings. The molecule has 0 bridgehead atoms. The number of benzene rings is 2. The van der Waals surface area contributed by atoms with Crippen LogP contribution in [0.4, 0.5) is 0 Å². The quantitative estimate of drug-likeness (QED) is 0.429. The summed E-state index contributed by atoms with van der Waals surface area (Å²) in [5.41, 5.74) is 3.58. The summed E-state index contributed by atoms with van der Waals surface area (Å²) in [5, 5.41) is 10.9. The Labute approximate surface area is 194 Å². The summed E-state index contributed by atoms with van der Waals surface area (Å²) in [6.07, 6.45) is 4.20. The molecule has 7 heteroatoms. The Kier molecular flexibility index (Phi) is 7.42. The third kappa shape index (κ3) is 5.10. The van der Waals surface area contributed by atoms with Gasteiger partial charge in [-0.15, -0.1) is 6.58 Å². The van der Waals surface area contributed by atoms with Crippen molar-refractivity contribution in [2.75, 3.05) is 26.3 Å². The van der Waals surface area contributed by atoms with Crippen molar-refractivity contribution in [1.29, 1.82) is 0 Å². The molecule has 0 unspecified atom stereocenters. The zero-order valence-electron chi connectivity index (χ0n) is 18.8. The number of aliphatic imine (C=N–C) groups is 1. The summed E-state index contributed by atoms with van der Waals surface area (Å²) < 4.78 is 12.0. The second-order valence-electron chi connectivity index (χ2n) is 8.33. The maximum absolute atomic E-state index is 13.6. The molecular weight excluding hydrogens is 418 g/mol. The highest BCUT2D eigenvalue weighted by molar-refractivity contribution is 6.01. The fraction of sp³-hybridized carbons (Fsp3) is 0.385. The highest BCUT2D eigenvalue weighted by Gasteiger charge is 2.52. The number of amides is 1. The number of ether oxygens (including phenoxy) is 2. The van der Waals surface area contributed by atoms with E-state index in [0.717, 1.165) is 37.1 Å². The van der Waals surface area contributed by atoms with E-state index in [9.17, 15) is 4.79 Å². The molecule has 2 aliphatic rings. The number of carbonyl (C=O) groups is 1. The third-order valence-electron chi connectivity index (χ3n) is 5.95. The molecule has 0 radical (unpaired) electrons. The lowest BCUT2D eigenvalue weighted by Crippen LogP contribution is -2.53. The topological polar surface area (TPSA) is 83.4 Å². The number of carbonyl (C=O) groups excluding carboxylic acids is 1. The number of hydrogen-bond acceptors (Lipinski definition) is 6. The van der Waals surface area contributed by atoms with Gasteiger partial charge in [-0.05, 0) is 42.7 Å². The molecule has 1 saturated heterocycles. The van der Waals surface area contributed by atoms with E-state index in [0.29, 0.717) is 31.1 Å². The van der Waals surface area contributed by atoms with Crippen LogP contribution in [-0.2, 0) is 9.53 Å². The van der Waals surface area contributed by atoms with Gasteiger partial charge in [0.25, 0.3) is 5.91 Å². The first-order chi connectivity index (χ1) is 16.2. The molecule has 4 rings (SSSR count). The molecule has 7 nitrogen and oxygen atoms in total. The average molecular weight is 450 g/mol. The molecule has 33 heavy (non-hydrogen) atoms. The minimum atomic E-state index is -1.16. The largest absolute Gasteiger partial charge is 0.494 e. The number of aliphatic hydroxyl groups excluding tert-OH is 1. The molecule has 174 valence electrons. The van der Waals surface area contributed by atoms with Crippen LogP contribution < -0.4 is 10.2 Å². The van der Waals surface area contributed by atoms with Crippen molar-refractivity contribution < 1.29 is 19.4 Å². The standard InChI is InChI=1S/C26H31N3O4/c1-2-15-26(25(31)28-29-16-6-7-17-29)23(20-9-4-3-5-10-20)33-24(27-26)21-11-13-22(14-12-21)32-19-8-18-30/h2-5,9-14,23,30H,1,6-8,15-19H2,(H,28,31)/t23-,26-/m0/s1. The van der Waals surface area contributed by atoms with Crippen molar-refractivity contribution in [3.05, 3.63) is 78.4 Å². The van der Waals surface area contributed by atoms with E-state index in [2.05, 4.69) is 12.0 Å². The van der Waals surface area contributed by atoms with E-state index in [1.165, 1.54) is 0 Å². The van der Waals surface area contributed by atoms with Crippen LogP contribution in [0.3, 0.4) is 0 Å². The molecule has 2 heterocycles. The van der Waals surface area contributed by atoms with Gasteiger partial charge in [-0.2, -0.15) is 0 Å². The number of hydrazine groups is 1. The average Bonchev–Trinajstić information content (AvgIpc) is 3.49. The normalized spacial score (nSPS) is 22.5. The number of nitrogens with one attached hydrogen (secondary N) is 1. The Balaban J connectivity index is 1.65. The second-order valence-corrected chi connectivity index (χ2v) is 8.33. The van der Waals surface area contributed by atoms with Crippen molar-refractivity contribution in [3.8, 4) is 5.75 Å². The zero-order valence-corrected chi connectivity index (χ0v) is 18.8. The predicted molar refractivity (Wildman–Crippen MR) is 127 cm³/mol. The van der Waals surface area contributed by atoms with E-state index >= 15 is 0 Å². The number of nitrogens with zero attached hydrogens (tertiary/aromatic N) is 2. The number of hydrogen-bond donors (Lipinski definition) is 2. The smallest absolute Gasteiger partial charge is 0.266 e. The van der Waals surface area contributed by atoms with E-state index in [1.807, 2.05) is 59.6 Å². The monoisotopic (exact) mass is 449 g/mol. The lowest BCUT2D eigenvalue weighted by atomic mass is 9.84. The maximum Gasteiger partial charge on any atom is 0.266 e. The van der Waals surface area contributed by atoms with Crippen molar-refractivity contribution >= 4 is 11.8 Å². The first-order valence-electron chi connectivity index (χ1n) is 11.5. The highest BCUT2D eigenvalue weighted by atomic mass is 16.5. The molecule has 0 aliphatic carbocycles. The number of rotatable bonds is 10. The van der Waals surface area contributed by atoms with Gasteiger partial charge in [-0.25, -0.2) is 10.0 Å². The van der Waals surface area contributed by atoms with E-state index < -0.39 is 11.6 Å². The molecule has 0 saturated carbocycles. The summed E-state index contributed by atoms with van der Waals surface area (Å²) in [6, 6.07) is 17.2. The minimum Gasteiger partial charge on any atom is -0.494 e. The van der Waals surface area contributed by atoms with Gasteiger partial charge in [-0.3, -0.25) is 10.2 Å². The Morgan fingerprint density at radius 1 is 1.21 bits per heavy atom. The SMILES string of the molecule is C=CC[C@]1(C(=O)NN2CCCC2)N=C(c2ccc(OCCCO)cc2)O[C@H]1c1ccccc1. The van der Waals surface area contributed by atoms with Crippen molar-refractivity contribution in [3.63, 3.8) is 0 Å². The first-order valence-corrected chi connectivity index (χ1v) is 11.5. The van der Waals surface area contributed by atoms with Gasteiger partial charge in [0.2, 0.25) is 5.90 Å². The van der Waals surface area contributed by atoms with Gasteiger partial charge in [0.05, 0.1) is 6.61 Å². The van der Waals surface area contributed by atoms with Gasteiger partial charge < -0.3 is 14.6 Å². The summed E-state index contributed by atoms with van der Waals surface area (Å²) >= 11 is 0. The fourth-order valence-corrected chi connectivity index (χ4v) is 4.23. The lowest BCUT2D eigenvalue weighted by Gasteiger charge is -2.31. The zero-order chi connectivity index (χ0) is 23.1. The molecule has 2 N–H and O–H groups in total. The molecule has 2 aromatic carbocycles. The minimum absolute atomic E-state index is 0.0917. The highest BCUT2D eigenvalue weighted by Crippen LogP contribution is 2.42. The Morgan fingerprint density at radius 2 is 1.94 bits per heavy atom. The molecule has 2 aliphatic heterocycles. The van der Waals surface area contributed by atoms with Gasteiger partial charge in [0.1, 0.15) is 5.75 Å². The molecule has 1 amide bonds. The van der Waals surface area contributed by atoms with Crippen molar-refractivity contribution in [2.24, 2.45) is 4.99 Å². The lowest BCUT2D eigenvalue weighted by molar-refractivity contribution is -0.133. The van der Waals surface area contributed by atoms with Gasteiger partial charge in [-0.1, -0.05) is 36.4 Å². The first kappa shape index (κ1) is 23.0. The molecule has 2 atom stereocenters. The summed E-state index contributed by atoms with van der Waals surface area (Å²) in [5.74, 6) is 0.941. The van der Waals surface area contributed by atoms with Crippen LogP contribution in [-0.4, -0.2) is 53.8 Å². The van der Waals surface area contributed by atoms with Crippen LogP contribution in [0.5, 0.6) is 5.75 Å². The fourth-order valence-electron chi connectivity index (χ4n) is 4.23. The van der Waals surface area contributed by atoms with Gasteiger partial charge >= 0.3 is 0 Å². The van der Waals surface area contributed by atoms with Crippen molar-refractivity contribution in [1.82, 2.24) is 10.4 Å². The van der Waals surface area contributed by atoms with Crippen LogP contribution in [0, 0.1) is 0 Å². The number of aliphatic hydroxyl groups is 1. The third-order valence-corrected chi connectivity index (χ3v) is 5.95.